The highest BCUT2D eigenvalue weighted by Gasteiger charge is 2.27. The molecule has 152 valence electrons. The molecule has 2 aromatic carbocycles. The smallest absolute Gasteiger partial charge is 0.191 e. The largest absolute Gasteiger partial charge is 0.494 e. The van der Waals surface area contributed by atoms with E-state index in [1.807, 2.05) is 6.92 Å². The molecule has 1 aliphatic carbocycles. The quantitative estimate of drug-likeness (QED) is 0.401. The van der Waals surface area contributed by atoms with Gasteiger partial charge in [-0.1, -0.05) is 0 Å². The minimum Gasteiger partial charge on any atom is -0.494 e. The van der Waals surface area contributed by atoms with Crippen molar-refractivity contribution in [2.24, 2.45) is 0 Å². The van der Waals surface area contributed by atoms with Gasteiger partial charge in [-0.2, -0.15) is 0 Å². The number of methoxy groups -OCH3 is 1. The lowest BCUT2D eigenvalue weighted by atomic mass is 9.92. The van der Waals surface area contributed by atoms with E-state index in [4.69, 9.17) is 9.47 Å². The molecule has 0 spiro atoms. The number of fused-ring (bicyclic) bond motifs is 1. The summed E-state index contributed by atoms with van der Waals surface area (Å²) in [6.07, 6.45) is 4.25. The number of benzene rings is 2. The van der Waals surface area contributed by atoms with Gasteiger partial charge in [0.2, 0.25) is 0 Å². The van der Waals surface area contributed by atoms with Crippen molar-refractivity contribution in [2.75, 3.05) is 7.11 Å². The van der Waals surface area contributed by atoms with Crippen LogP contribution in [-0.2, 0) is 4.74 Å². The molecule has 29 heavy (non-hydrogen) atoms. The monoisotopic (exact) mass is 418 g/mol. The molecule has 1 heterocycles. The number of hydrogen-bond acceptors (Lipinski definition) is 3. The molecule has 0 radical (unpaired) electrons. The van der Waals surface area contributed by atoms with E-state index >= 15 is 4.39 Å². The van der Waals surface area contributed by atoms with Gasteiger partial charge in [0.15, 0.2) is 17.4 Å². The number of ether oxygens (including phenoxy) is 2. The zero-order valence-electron chi connectivity index (χ0n) is 16.4. The Balaban J connectivity index is 1.93. The predicted molar refractivity (Wildman–Crippen MR) is 110 cm³/mol. The van der Waals surface area contributed by atoms with E-state index in [2.05, 4.69) is 0 Å². The van der Waals surface area contributed by atoms with Crippen LogP contribution in [0.15, 0.2) is 36.1 Å². The Bertz CT molecular complexity index is 1110. The lowest BCUT2D eigenvalue weighted by molar-refractivity contribution is 0.158. The van der Waals surface area contributed by atoms with E-state index in [-0.39, 0.29) is 11.4 Å². The number of hydrogen-bond donors (Lipinski definition) is 0. The van der Waals surface area contributed by atoms with Crippen molar-refractivity contribution in [1.82, 2.24) is 0 Å². The normalized spacial score (nSPS) is 14.6. The number of allylic oxidation sites excluding steroid dienone is 1. The molecule has 1 atom stereocenters. The van der Waals surface area contributed by atoms with Gasteiger partial charge in [0, 0.05) is 31.7 Å². The van der Waals surface area contributed by atoms with Gasteiger partial charge in [0.1, 0.15) is 11.9 Å². The third kappa shape index (κ3) is 3.50. The number of aryl methyl sites for hydroxylation is 1. The van der Waals surface area contributed by atoms with E-state index in [0.29, 0.717) is 21.2 Å². The summed E-state index contributed by atoms with van der Waals surface area (Å²) in [6.45, 7) is 3.61. The van der Waals surface area contributed by atoms with E-state index in [9.17, 15) is 8.78 Å². The summed E-state index contributed by atoms with van der Waals surface area (Å²) < 4.78 is 55.2. The van der Waals surface area contributed by atoms with Crippen molar-refractivity contribution in [3.05, 3.63) is 64.0 Å². The van der Waals surface area contributed by atoms with Gasteiger partial charge in [-0.3, -0.25) is 0 Å². The number of rotatable bonds is 5. The molecular weight excluding hydrogens is 397 g/mol. The molecule has 1 unspecified atom stereocenters. The van der Waals surface area contributed by atoms with Gasteiger partial charge in [0.05, 0.1) is 13.4 Å². The summed E-state index contributed by atoms with van der Waals surface area (Å²) in [5, 5.41) is 0.715. The second kappa shape index (κ2) is 7.75. The molecule has 0 amide bonds. The third-order valence-electron chi connectivity index (χ3n) is 5.36. The molecule has 0 bridgehead atoms. The van der Waals surface area contributed by atoms with Gasteiger partial charge in [-0.05, 0) is 62.9 Å². The molecule has 1 aliphatic rings. The molecule has 1 saturated carbocycles. The molecule has 1 aromatic heterocycles. The fourth-order valence-electron chi connectivity index (χ4n) is 3.65. The summed E-state index contributed by atoms with van der Waals surface area (Å²) >= 11 is 1.37. The summed E-state index contributed by atoms with van der Waals surface area (Å²) in [4.78, 5) is 0.809. The Morgan fingerprint density at radius 3 is 2.52 bits per heavy atom. The van der Waals surface area contributed by atoms with Crippen molar-refractivity contribution in [3.8, 4) is 16.9 Å². The van der Waals surface area contributed by atoms with Gasteiger partial charge in [-0.25, -0.2) is 13.2 Å². The van der Waals surface area contributed by atoms with Crippen LogP contribution in [-0.4, -0.2) is 7.11 Å². The Morgan fingerprint density at radius 1 is 1.10 bits per heavy atom. The standard InChI is InChI=1S/C23H21F3O2S/c1-12(28-11-14-5-4-6-14)17-10-18(25)23(27-3)22(26)21(17)20-13(2)29-19-9-15(24)7-8-16(19)20/h7-12H,4-6H2,1-3H3. The van der Waals surface area contributed by atoms with E-state index in [1.54, 1.807) is 19.3 Å². The molecule has 1 fully saturated rings. The van der Waals surface area contributed by atoms with E-state index in [1.165, 1.54) is 42.2 Å². The minimum atomic E-state index is -0.779. The first-order valence-electron chi connectivity index (χ1n) is 9.49. The second-order valence-corrected chi connectivity index (χ2v) is 8.51. The zero-order chi connectivity index (χ0) is 20.7. The maximum atomic E-state index is 15.5. The molecule has 2 nitrogen and oxygen atoms in total. The fourth-order valence-corrected chi connectivity index (χ4v) is 4.75. The average Bonchev–Trinajstić information content (AvgIpc) is 2.95. The first-order valence-corrected chi connectivity index (χ1v) is 10.3. The van der Waals surface area contributed by atoms with Crippen molar-refractivity contribution >= 4 is 21.4 Å². The number of thiophene rings is 1. The Kier molecular flexibility index (Phi) is 5.30. The highest BCUT2D eigenvalue weighted by molar-refractivity contribution is 7.19. The van der Waals surface area contributed by atoms with Crippen LogP contribution < -0.4 is 4.74 Å². The van der Waals surface area contributed by atoms with E-state index in [0.717, 1.165) is 24.1 Å². The Labute approximate surface area is 171 Å². The van der Waals surface area contributed by atoms with Crippen LogP contribution in [0, 0.1) is 24.4 Å². The molecule has 4 rings (SSSR count). The maximum Gasteiger partial charge on any atom is 0.191 e. The van der Waals surface area contributed by atoms with Crippen LogP contribution in [0.2, 0.25) is 0 Å². The summed E-state index contributed by atoms with van der Waals surface area (Å²) in [5.41, 5.74) is 2.44. The van der Waals surface area contributed by atoms with Crippen LogP contribution in [0.4, 0.5) is 13.2 Å². The zero-order valence-corrected chi connectivity index (χ0v) is 17.3. The molecule has 0 saturated heterocycles. The SMILES string of the molecule is COc1c(F)cc(C(C)OC=C2CCC2)c(-c2c(C)sc3cc(F)ccc23)c1F. The van der Waals surface area contributed by atoms with Crippen LogP contribution in [0.5, 0.6) is 5.75 Å². The molecule has 6 heteroatoms. The van der Waals surface area contributed by atoms with Gasteiger partial charge >= 0.3 is 0 Å². The fraction of sp³-hybridized carbons (Fsp3) is 0.304. The lowest BCUT2D eigenvalue weighted by Gasteiger charge is -2.22. The second-order valence-electron chi connectivity index (χ2n) is 7.25. The molecule has 0 aliphatic heterocycles. The predicted octanol–water partition coefficient (Wildman–Crippen LogP) is 7.45. The molecule has 0 N–H and O–H groups in total. The summed E-state index contributed by atoms with van der Waals surface area (Å²) in [6, 6.07) is 5.67. The van der Waals surface area contributed by atoms with E-state index < -0.39 is 23.5 Å². The van der Waals surface area contributed by atoms with Crippen LogP contribution in [0.25, 0.3) is 21.2 Å². The van der Waals surface area contributed by atoms with Crippen molar-refractivity contribution < 1.29 is 22.6 Å². The summed E-state index contributed by atoms with van der Waals surface area (Å²) in [5.74, 6) is -2.35. The van der Waals surface area contributed by atoms with Crippen molar-refractivity contribution in [2.45, 2.75) is 39.2 Å². The van der Waals surface area contributed by atoms with Crippen LogP contribution in [0.1, 0.15) is 42.7 Å². The lowest BCUT2D eigenvalue weighted by Crippen LogP contribution is -2.06. The Morgan fingerprint density at radius 2 is 1.86 bits per heavy atom. The third-order valence-corrected chi connectivity index (χ3v) is 6.43. The van der Waals surface area contributed by atoms with Gasteiger partial charge in [-0.15, -0.1) is 11.3 Å². The highest BCUT2D eigenvalue weighted by Crippen LogP contribution is 2.45. The molecule has 3 aromatic rings. The minimum absolute atomic E-state index is 0.234. The van der Waals surface area contributed by atoms with Crippen LogP contribution in [0.3, 0.4) is 0 Å². The first kappa shape index (κ1) is 19.8. The van der Waals surface area contributed by atoms with Gasteiger partial charge < -0.3 is 9.47 Å². The maximum absolute atomic E-state index is 15.5. The van der Waals surface area contributed by atoms with Crippen molar-refractivity contribution in [1.29, 1.82) is 0 Å². The van der Waals surface area contributed by atoms with Gasteiger partial charge in [0.25, 0.3) is 0 Å². The van der Waals surface area contributed by atoms with Crippen LogP contribution >= 0.6 is 11.3 Å². The average molecular weight is 418 g/mol. The number of halogens is 3. The molecular formula is C23H21F3O2S. The highest BCUT2D eigenvalue weighted by atomic mass is 32.1. The topological polar surface area (TPSA) is 18.5 Å². The summed E-state index contributed by atoms with van der Waals surface area (Å²) in [7, 11) is 1.24. The first-order chi connectivity index (χ1) is 13.9. The van der Waals surface area contributed by atoms with Crippen molar-refractivity contribution in [3.63, 3.8) is 0 Å². The Hall–Kier alpha value is -2.47.